The van der Waals surface area contributed by atoms with E-state index < -0.39 is 15.7 Å². The van der Waals surface area contributed by atoms with Crippen LogP contribution in [0.5, 0.6) is 0 Å². The molecule has 3 rings (SSSR count). The number of carbonyl (C=O) groups is 1. The number of aromatic nitrogens is 4. The van der Waals surface area contributed by atoms with E-state index in [0.717, 1.165) is 17.5 Å². The maximum Gasteiger partial charge on any atom is 0.295 e. The van der Waals surface area contributed by atoms with E-state index in [9.17, 15) is 13.2 Å². The predicted molar refractivity (Wildman–Crippen MR) is 87.8 cm³/mol. The van der Waals surface area contributed by atoms with Gasteiger partial charge in [0, 0.05) is 23.8 Å². The quantitative estimate of drug-likeness (QED) is 0.769. The molecule has 124 valence electrons. The lowest BCUT2D eigenvalue weighted by molar-refractivity contribution is 0.101. The standard InChI is InChI=1S/C15H15N5O3S/c1-9-4-5-11(24(3,22)23)8-12(9)17-14(21)13-18-15-16-7-6-10(2)20(15)19-13/h4-8H,1-3H3,(H,17,21). The number of carbonyl (C=O) groups excluding carboxylic acids is 1. The molecule has 1 N–H and O–H groups in total. The summed E-state index contributed by atoms with van der Waals surface area (Å²) in [5, 5.41) is 6.77. The molecule has 0 bridgehead atoms. The van der Waals surface area contributed by atoms with E-state index in [4.69, 9.17) is 0 Å². The van der Waals surface area contributed by atoms with Gasteiger partial charge in [-0.1, -0.05) is 6.07 Å². The van der Waals surface area contributed by atoms with E-state index in [1.807, 2.05) is 6.92 Å². The zero-order valence-corrected chi connectivity index (χ0v) is 14.1. The Morgan fingerprint density at radius 2 is 1.96 bits per heavy atom. The number of nitrogens with zero attached hydrogens (tertiary/aromatic N) is 4. The van der Waals surface area contributed by atoms with E-state index in [0.29, 0.717) is 11.5 Å². The number of sulfone groups is 1. The summed E-state index contributed by atoms with van der Waals surface area (Å²) in [6.07, 6.45) is 2.70. The van der Waals surface area contributed by atoms with Crippen molar-refractivity contribution in [2.24, 2.45) is 0 Å². The SMILES string of the molecule is Cc1ccc(S(C)(=O)=O)cc1NC(=O)c1nc2nccc(C)n2n1. The first kappa shape index (κ1) is 16.1. The molecule has 8 nitrogen and oxygen atoms in total. The van der Waals surface area contributed by atoms with Crippen LogP contribution < -0.4 is 5.32 Å². The zero-order valence-electron chi connectivity index (χ0n) is 13.3. The smallest absolute Gasteiger partial charge is 0.295 e. The summed E-state index contributed by atoms with van der Waals surface area (Å²) in [5.74, 6) is -0.253. The molecule has 1 amide bonds. The molecule has 0 atom stereocenters. The average molecular weight is 345 g/mol. The Morgan fingerprint density at radius 3 is 2.62 bits per heavy atom. The molecular weight excluding hydrogens is 330 g/mol. The molecule has 1 aromatic carbocycles. The number of fused-ring (bicyclic) bond motifs is 1. The fourth-order valence-corrected chi connectivity index (χ4v) is 2.79. The highest BCUT2D eigenvalue weighted by Crippen LogP contribution is 2.20. The van der Waals surface area contributed by atoms with Gasteiger partial charge in [-0.15, -0.1) is 5.10 Å². The highest BCUT2D eigenvalue weighted by atomic mass is 32.2. The molecule has 2 aromatic heterocycles. The van der Waals surface area contributed by atoms with Crippen molar-refractivity contribution in [3.63, 3.8) is 0 Å². The summed E-state index contributed by atoms with van der Waals surface area (Å²) in [5.41, 5.74) is 1.92. The van der Waals surface area contributed by atoms with Crippen LogP contribution in [0, 0.1) is 13.8 Å². The summed E-state index contributed by atoms with van der Waals surface area (Å²) in [7, 11) is -3.37. The number of benzene rings is 1. The Labute approximate surface area is 138 Å². The third kappa shape index (κ3) is 2.98. The zero-order chi connectivity index (χ0) is 17.5. The number of anilines is 1. The second-order valence-corrected chi connectivity index (χ2v) is 7.45. The molecule has 0 unspecified atom stereocenters. The Hall–Kier alpha value is -2.81. The lowest BCUT2D eigenvalue weighted by Crippen LogP contribution is -2.15. The number of amides is 1. The maximum atomic E-state index is 12.4. The van der Waals surface area contributed by atoms with Crippen LogP contribution in [0.1, 0.15) is 21.9 Å². The summed E-state index contributed by atoms with van der Waals surface area (Å²) in [6, 6.07) is 6.30. The molecule has 0 saturated heterocycles. The van der Waals surface area contributed by atoms with Crippen LogP contribution in [0.25, 0.3) is 5.78 Å². The summed E-state index contributed by atoms with van der Waals surface area (Å²) in [4.78, 5) is 20.6. The highest BCUT2D eigenvalue weighted by molar-refractivity contribution is 7.90. The van der Waals surface area contributed by atoms with E-state index in [1.54, 1.807) is 25.3 Å². The number of rotatable bonds is 3. The molecule has 0 aliphatic carbocycles. The maximum absolute atomic E-state index is 12.4. The Balaban J connectivity index is 1.95. The van der Waals surface area contributed by atoms with Crippen LogP contribution in [-0.2, 0) is 9.84 Å². The van der Waals surface area contributed by atoms with Crippen molar-refractivity contribution in [1.82, 2.24) is 19.6 Å². The second kappa shape index (κ2) is 5.68. The van der Waals surface area contributed by atoms with Gasteiger partial charge in [0.2, 0.25) is 5.82 Å². The average Bonchev–Trinajstić information content (AvgIpc) is 2.94. The molecule has 0 spiro atoms. The van der Waals surface area contributed by atoms with Gasteiger partial charge in [-0.25, -0.2) is 17.9 Å². The van der Waals surface area contributed by atoms with Crippen molar-refractivity contribution in [2.45, 2.75) is 18.7 Å². The topological polar surface area (TPSA) is 106 Å². The van der Waals surface area contributed by atoms with Gasteiger partial charge in [0.1, 0.15) is 0 Å². The van der Waals surface area contributed by atoms with Crippen LogP contribution in [0.15, 0.2) is 35.4 Å². The fraction of sp³-hybridized carbons (Fsp3) is 0.200. The summed E-state index contributed by atoms with van der Waals surface area (Å²) < 4.78 is 24.8. The van der Waals surface area contributed by atoms with Gasteiger partial charge >= 0.3 is 0 Å². The van der Waals surface area contributed by atoms with Crippen molar-refractivity contribution in [3.05, 3.63) is 47.5 Å². The Bertz CT molecular complexity index is 1060. The molecule has 9 heteroatoms. The highest BCUT2D eigenvalue weighted by Gasteiger charge is 2.17. The van der Waals surface area contributed by atoms with Gasteiger partial charge in [0.25, 0.3) is 11.7 Å². The van der Waals surface area contributed by atoms with Gasteiger partial charge < -0.3 is 5.32 Å². The number of nitrogens with one attached hydrogen (secondary N) is 1. The molecule has 0 fully saturated rings. The minimum Gasteiger partial charge on any atom is -0.319 e. The van der Waals surface area contributed by atoms with Gasteiger partial charge in [0.05, 0.1) is 4.90 Å². The first-order valence-corrected chi connectivity index (χ1v) is 8.95. The van der Waals surface area contributed by atoms with E-state index in [1.165, 1.54) is 16.6 Å². The van der Waals surface area contributed by atoms with Crippen LogP contribution >= 0.6 is 0 Å². The van der Waals surface area contributed by atoms with Gasteiger partial charge in [-0.05, 0) is 37.6 Å². The first-order valence-electron chi connectivity index (χ1n) is 7.06. The van der Waals surface area contributed by atoms with Gasteiger partial charge in [0.15, 0.2) is 9.84 Å². The molecule has 24 heavy (non-hydrogen) atoms. The van der Waals surface area contributed by atoms with Crippen LogP contribution in [0.2, 0.25) is 0 Å². The fourth-order valence-electron chi connectivity index (χ4n) is 2.15. The summed E-state index contributed by atoms with van der Waals surface area (Å²) >= 11 is 0. The molecule has 2 heterocycles. The Kier molecular flexibility index (Phi) is 3.80. The van der Waals surface area contributed by atoms with Crippen molar-refractivity contribution in [1.29, 1.82) is 0 Å². The third-order valence-electron chi connectivity index (χ3n) is 3.52. The molecule has 0 radical (unpaired) electrons. The molecule has 0 aliphatic rings. The normalized spacial score (nSPS) is 11.6. The monoisotopic (exact) mass is 345 g/mol. The van der Waals surface area contributed by atoms with E-state index >= 15 is 0 Å². The minimum atomic E-state index is -3.37. The summed E-state index contributed by atoms with van der Waals surface area (Å²) in [6.45, 7) is 3.59. The minimum absolute atomic E-state index is 0.0408. The van der Waals surface area contributed by atoms with Crippen molar-refractivity contribution < 1.29 is 13.2 Å². The molecule has 0 saturated carbocycles. The molecular formula is C15H15N5O3S. The first-order chi connectivity index (χ1) is 11.3. The number of hydrogen-bond donors (Lipinski definition) is 1. The van der Waals surface area contributed by atoms with E-state index in [2.05, 4.69) is 20.4 Å². The third-order valence-corrected chi connectivity index (χ3v) is 4.63. The second-order valence-electron chi connectivity index (χ2n) is 5.44. The van der Waals surface area contributed by atoms with Crippen LogP contribution in [0.3, 0.4) is 0 Å². The lowest BCUT2D eigenvalue weighted by Gasteiger charge is -2.08. The number of aryl methyl sites for hydroxylation is 2. The van der Waals surface area contributed by atoms with Crippen molar-refractivity contribution >= 4 is 27.2 Å². The van der Waals surface area contributed by atoms with E-state index in [-0.39, 0.29) is 10.7 Å². The van der Waals surface area contributed by atoms with Gasteiger partial charge in [-0.3, -0.25) is 4.79 Å². The van der Waals surface area contributed by atoms with Crippen LogP contribution in [-0.4, -0.2) is 40.2 Å². The van der Waals surface area contributed by atoms with Crippen molar-refractivity contribution in [2.75, 3.05) is 11.6 Å². The molecule has 3 aromatic rings. The Morgan fingerprint density at radius 1 is 1.21 bits per heavy atom. The largest absolute Gasteiger partial charge is 0.319 e. The van der Waals surface area contributed by atoms with Gasteiger partial charge in [-0.2, -0.15) is 4.98 Å². The van der Waals surface area contributed by atoms with Crippen LogP contribution in [0.4, 0.5) is 5.69 Å². The lowest BCUT2D eigenvalue weighted by atomic mass is 10.2. The van der Waals surface area contributed by atoms with Crippen molar-refractivity contribution in [3.8, 4) is 0 Å². The predicted octanol–water partition coefficient (Wildman–Crippen LogP) is 1.40. The molecule has 0 aliphatic heterocycles. The number of hydrogen-bond acceptors (Lipinski definition) is 6.